The van der Waals surface area contributed by atoms with Crippen LogP contribution in [-0.2, 0) is 10.1 Å². The fraction of sp³-hybridized carbons (Fsp3) is 0.303. The Morgan fingerprint density at radius 2 is 1.32 bits per heavy atom. The van der Waals surface area contributed by atoms with Crippen molar-refractivity contribution >= 4 is 113 Å². The summed E-state index contributed by atoms with van der Waals surface area (Å²) in [4.78, 5) is 48.7. The average Bonchev–Trinajstić information content (AvgIpc) is 3.85. The second kappa shape index (κ2) is 19.5. The monoisotopic (exact) mass is 839 g/mol. The van der Waals surface area contributed by atoms with E-state index in [1.807, 2.05) is 52.0 Å². The summed E-state index contributed by atoms with van der Waals surface area (Å²) in [6, 6.07) is 11.0. The number of carbonyl (C=O) groups excluding carboxylic acids is 2. The van der Waals surface area contributed by atoms with Crippen LogP contribution in [0.4, 0.5) is 56.3 Å². The van der Waals surface area contributed by atoms with E-state index in [9.17, 15) is 27.7 Å². The van der Waals surface area contributed by atoms with Crippen LogP contribution in [0.25, 0.3) is 0 Å². The van der Waals surface area contributed by atoms with E-state index in [0.717, 1.165) is 35.8 Å². The van der Waals surface area contributed by atoms with Crippen LogP contribution in [0.3, 0.4) is 0 Å². The van der Waals surface area contributed by atoms with Gasteiger partial charge < -0.3 is 25.5 Å². The van der Waals surface area contributed by atoms with Gasteiger partial charge in [-0.15, -0.1) is 20.5 Å². The van der Waals surface area contributed by atoms with Crippen molar-refractivity contribution in [2.75, 3.05) is 59.0 Å². The van der Waals surface area contributed by atoms with Crippen LogP contribution < -0.4 is 20.4 Å². The highest BCUT2D eigenvalue weighted by atomic mass is 32.2. The number of nitrogens with zero attached hydrogens (tertiary/aromatic N) is 11. The van der Waals surface area contributed by atoms with Crippen molar-refractivity contribution < 1.29 is 27.7 Å². The number of hydrogen-bond acceptors (Lipinski definition) is 21. The molecule has 3 heterocycles. The zero-order valence-corrected chi connectivity index (χ0v) is 33.8. The number of aliphatic hydroxyl groups excluding tert-OH is 1. The summed E-state index contributed by atoms with van der Waals surface area (Å²) in [6.07, 6.45) is 2.38. The van der Waals surface area contributed by atoms with Gasteiger partial charge in [0.2, 0.25) is 27.2 Å². The number of thioether (sulfide) groups is 1. The van der Waals surface area contributed by atoms with Gasteiger partial charge in [-0.1, -0.05) is 34.4 Å². The molecule has 294 valence electrons. The summed E-state index contributed by atoms with van der Waals surface area (Å²) >= 11 is 2.95. The topological polar surface area (TPSA) is 253 Å². The SMILES string of the molecule is CCN(CC)c1ccc(N=Nc2ncc(C=O)s2)c(Nc2nc(Nc3cc(N(CC)CC)ccc3N=Nc3nc(S(=O)(=O)O)c(C=O)s3)nc(SCCO)n2)c1. The number of carbonyl (C=O) groups is 2. The lowest BCUT2D eigenvalue weighted by molar-refractivity contribution is 0.111. The number of aliphatic hydroxyl groups is 1. The van der Waals surface area contributed by atoms with Gasteiger partial charge in [0, 0.05) is 43.3 Å². The molecule has 0 aliphatic carbocycles. The zero-order chi connectivity index (χ0) is 40.2. The standard InChI is InChI=1S/C33H37N13O6S4/c1-5-45(6-2)20-9-11-23(41-43-31-34-17-22(18-48)54-31)25(15-20)35-29-38-30(40-32(39-29)53-14-13-47)36-26-16-21(46(7-3)8-4)10-12-24(26)42-44-33-37-28(56(50,51)52)27(19-49)55-33/h9-12,15-19,47H,5-8,13-14H2,1-4H3,(H,50,51,52)(H2,35,36,38,39,40). The number of aldehydes is 2. The first-order chi connectivity index (χ1) is 27.0. The van der Waals surface area contributed by atoms with E-state index in [-0.39, 0.29) is 45.6 Å². The Hall–Kier alpha value is -5.33. The second-order valence-corrected chi connectivity index (χ2v) is 15.6. The Balaban J connectivity index is 1.56. The van der Waals surface area contributed by atoms with Crippen molar-refractivity contribution in [2.24, 2.45) is 20.5 Å². The maximum atomic E-state index is 11.7. The van der Waals surface area contributed by atoms with Gasteiger partial charge in [-0.2, -0.15) is 23.4 Å². The number of nitrogens with one attached hydrogen (secondary N) is 2. The number of anilines is 6. The Morgan fingerprint density at radius 3 is 1.77 bits per heavy atom. The summed E-state index contributed by atoms with van der Waals surface area (Å²) in [5, 5.41) is 32.7. The predicted octanol–water partition coefficient (Wildman–Crippen LogP) is 7.75. The van der Waals surface area contributed by atoms with Crippen LogP contribution in [0.15, 0.2) is 73.2 Å². The fourth-order valence-corrected chi connectivity index (χ4v) is 7.81. The third kappa shape index (κ3) is 10.7. The van der Waals surface area contributed by atoms with Crippen LogP contribution in [0, 0.1) is 0 Å². The summed E-state index contributed by atoms with van der Waals surface area (Å²) in [5.41, 5.74) is 3.39. The molecule has 23 heteroatoms. The van der Waals surface area contributed by atoms with Gasteiger partial charge in [0.15, 0.2) is 17.7 Å². The lowest BCUT2D eigenvalue weighted by atomic mass is 10.2. The van der Waals surface area contributed by atoms with Crippen molar-refractivity contribution in [1.82, 2.24) is 24.9 Å². The van der Waals surface area contributed by atoms with E-state index < -0.39 is 15.1 Å². The zero-order valence-electron chi connectivity index (χ0n) is 30.5. The molecule has 0 amide bonds. The maximum absolute atomic E-state index is 11.7. The minimum Gasteiger partial charge on any atom is -0.396 e. The molecule has 0 atom stereocenters. The van der Waals surface area contributed by atoms with Crippen LogP contribution in [0.2, 0.25) is 0 Å². The van der Waals surface area contributed by atoms with Crippen molar-refractivity contribution in [3.05, 3.63) is 52.3 Å². The van der Waals surface area contributed by atoms with Crippen molar-refractivity contribution in [2.45, 2.75) is 37.9 Å². The summed E-state index contributed by atoms with van der Waals surface area (Å²) in [6.45, 7) is 10.9. The second-order valence-electron chi connectivity index (χ2n) is 11.2. The first kappa shape index (κ1) is 41.8. The Bertz CT molecular complexity index is 2330. The molecule has 0 unspecified atom stereocenters. The summed E-state index contributed by atoms with van der Waals surface area (Å²) < 4.78 is 33.0. The van der Waals surface area contributed by atoms with Crippen molar-refractivity contribution in [3.8, 4) is 0 Å². The molecular formula is C33H37N13O6S4. The summed E-state index contributed by atoms with van der Waals surface area (Å²) in [7, 11) is -4.77. The molecular weight excluding hydrogens is 803 g/mol. The van der Waals surface area contributed by atoms with Gasteiger partial charge in [0.1, 0.15) is 16.3 Å². The van der Waals surface area contributed by atoms with E-state index >= 15 is 0 Å². The quantitative estimate of drug-likeness (QED) is 0.0253. The molecule has 5 rings (SSSR count). The van der Waals surface area contributed by atoms with Gasteiger partial charge >= 0.3 is 10.1 Å². The molecule has 0 aliphatic rings. The lowest BCUT2D eigenvalue weighted by Crippen LogP contribution is -2.21. The highest BCUT2D eigenvalue weighted by molar-refractivity contribution is 7.99. The Labute approximate surface area is 334 Å². The third-order valence-electron chi connectivity index (χ3n) is 7.72. The van der Waals surface area contributed by atoms with Crippen LogP contribution in [0.1, 0.15) is 47.0 Å². The van der Waals surface area contributed by atoms with Crippen LogP contribution >= 0.6 is 34.4 Å². The van der Waals surface area contributed by atoms with Crippen LogP contribution in [-0.4, -0.2) is 94.1 Å². The highest BCUT2D eigenvalue weighted by Crippen LogP contribution is 2.37. The Morgan fingerprint density at radius 1 is 0.768 bits per heavy atom. The highest BCUT2D eigenvalue weighted by Gasteiger charge is 2.22. The number of thiazole rings is 2. The van der Waals surface area contributed by atoms with E-state index in [1.54, 1.807) is 12.1 Å². The van der Waals surface area contributed by atoms with Gasteiger partial charge in [0.25, 0.3) is 0 Å². The van der Waals surface area contributed by atoms with Gasteiger partial charge in [0.05, 0.1) is 29.1 Å². The van der Waals surface area contributed by atoms with Crippen molar-refractivity contribution in [3.63, 3.8) is 0 Å². The molecule has 2 aromatic carbocycles. The first-order valence-corrected chi connectivity index (χ1v) is 21.1. The Kier molecular flexibility index (Phi) is 14.6. The number of azo groups is 2. The minimum atomic E-state index is -4.77. The molecule has 56 heavy (non-hydrogen) atoms. The first-order valence-electron chi connectivity index (χ1n) is 17.0. The number of benzene rings is 2. The number of hydrogen-bond donors (Lipinski definition) is 4. The molecule has 0 saturated heterocycles. The molecule has 0 saturated carbocycles. The largest absolute Gasteiger partial charge is 0.396 e. The molecule has 4 N–H and O–H groups in total. The molecule has 5 aromatic rings. The number of rotatable bonds is 20. The number of aromatic nitrogens is 5. The molecule has 0 radical (unpaired) electrons. The van der Waals surface area contributed by atoms with E-state index in [2.05, 4.69) is 65.8 Å². The van der Waals surface area contributed by atoms with Gasteiger partial charge in [-0.3, -0.25) is 14.1 Å². The molecule has 19 nitrogen and oxygen atoms in total. The fourth-order valence-electron chi connectivity index (χ4n) is 5.08. The van der Waals surface area contributed by atoms with E-state index in [1.165, 1.54) is 18.0 Å². The molecule has 0 fully saturated rings. The molecule has 3 aromatic heterocycles. The molecule has 0 spiro atoms. The van der Waals surface area contributed by atoms with Gasteiger partial charge in [-0.25, -0.2) is 9.97 Å². The van der Waals surface area contributed by atoms with Crippen LogP contribution in [0.5, 0.6) is 0 Å². The summed E-state index contributed by atoms with van der Waals surface area (Å²) in [5.74, 6) is 0.545. The smallest absolute Gasteiger partial charge is 0.313 e. The van der Waals surface area contributed by atoms with E-state index in [0.29, 0.717) is 63.5 Å². The minimum absolute atomic E-state index is 0.106. The third-order valence-corrected chi connectivity index (χ3v) is 11.2. The van der Waals surface area contributed by atoms with Crippen molar-refractivity contribution in [1.29, 1.82) is 0 Å². The molecule has 0 bridgehead atoms. The normalized spacial score (nSPS) is 11.7. The average molecular weight is 840 g/mol. The predicted molar refractivity (Wildman–Crippen MR) is 217 cm³/mol. The lowest BCUT2D eigenvalue weighted by Gasteiger charge is -2.22. The maximum Gasteiger partial charge on any atom is 0.313 e. The van der Waals surface area contributed by atoms with Gasteiger partial charge in [-0.05, 0) is 64.1 Å². The van der Waals surface area contributed by atoms with E-state index in [4.69, 9.17) is 0 Å². The molecule has 0 aliphatic heterocycles.